The number of aromatic nitrogens is 2. The molecule has 2 heterocycles. The lowest BCUT2D eigenvalue weighted by molar-refractivity contribution is -0.161. The van der Waals surface area contributed by atoms with Crippen molar-refractivity contribution < 1.29 is 71.4 Å². The quantitative estimate of drug-likeness (QED) is 0.0116. The fourth-order valence-corrected chi connectivity index (χ4v) is 10.0. The number of nitrogens with two attached hydrogens (primary N) is 1. The van der Waals surface area contributed by atoms with Gasteiger partial charge in [-0.25, -0.2) is 13.9 Å². The summed E-state index contributed by atoms with van der Waals surface area (Å²) >= 11 is 0. The molecule has 1 aliphatic heterocycles. The van der Waals surface area contributed by atoms with Crippen LogP contribution in [0.1, 0.15) is 194 Å². The number of unbranched alkanes of at least 4 members (excludes halogenated alkanes) is 18. The van der Waals surface area contributed by atoms with Gasteiger partial charge in [0.25, 0.3) is 0 Å². The Balaban J connectivity index is 1.81. The van der Waals surface area contributed by atoms with Gasteiger partial charge in [0.05, 0.1) is 19.3 Å². The number of phosphoric ester groups is 2. The Labute approximate surface area is 440 Å². The largest absolute Gasteiger partial charge is 0.481 e. The number of nitrogens with zero attached hydrogens (tertiary/aromatic N) is 2. The average Bonchev–Trinajstić information content (AvgIpc) is 3.62. The van der Waals surface area contributed by atoms with E-state index in [4.69, 9.17) is 29.0 Å². The first-order chi connectivity index (χ1) is 35.4. The summed E-state index contributed by atoms with van der Waals surface area (Å²) in [7, 11) is -10.9. The summed E-state index contributed by atoms with van der Waals surface area (Å²) in [6.45, 7) is 4.34. The fraction of sp³-hybridized carbons (Fsp3) is 0.736. The van der Waals surface area contributed by atoms with Gasteiger partial charge in [0.1, 0.15) is 30.7 Å². The number of carbonyl (C=O) groups is 2. The summed E-state index contributed by atoms with van der Waals surface area (Å²) in [5.74, 6) is -0.607. The zero-order valence-electron chi connectivity index (χ0n) is 44.4. The molecule has 0 amide bonds. The van der Waals surface area contributed by atoms with Crippen molar-refractivity contribution in [2.75, 3.05) is 25.6 Å². The third-order valence-electron chi connectivity index (χ3n) is 12.2. The lowest BCUT2D eigenvalue weighted by Gasteiger charge is -2.21. The number of nitrogen functional groups attached to an aromatic ring is 1. The first kappa shape index (κ1) is 66.8. The second kappa shape index (κ2) is 40.0. The maximum absolute atomic E-state index is 12.9. The van der Waals surface area contributed by atoms with Crippen molar-refractivity contribution in [3.8, 4) is 0 Å². The van der Waals surface area contributed by atoms with Crippen LogP contribution in [0.5, 0.6) is 0 Å². The molecular formula is C53H91N3O16P2. The molecule has 2 unspecified atom stereocenters. The Morgan fingerprint density at radius 1 is 0.757 bits per heavy atom. The van der Waals surface area contributed by atoms with Gasteiger partial charge < -0.3 is 45.1 Å². The number of ether oxygens (including phenoxy) is 3. The Bertz CT molecular complexity index is 1960. The third kappa shape index (κ3) is 33.0. The smallest absolute Gasteiger partial charge is 0.462 e. The van der Waals surface area contributed by atoms with Crippen LogP contribution in [0.3, 0.4) is 0 Å². The topological polar surface area (TPSA) is 286 Å². The summed E-state index contributed by atoms with van der Waals surface area (Å²) < 4.78 is 56.8. The number of phosphoric acid groups is 2. The number of aliphatic hydroxyl groups excluding tert-OH is 3. The van der Waals surface area contributed by atoms with E-state index >= 15 is 0 Å². The summed E-state index contributed by atoms with van der Waals surface area (Å²) in [5.41, 5.74) is 4.58. The van der Waals surface area contributed by atoms with Gasteiger partial charge in [0, 0.05) is 19.0 Å². The standard InChI is InChI=1S/C53H91N3O16P2/c1-4-5-6-7-24-29-34-44(57)35-30-25-20-17-18-21-26-31-36-48(58)67-40-45(70-49(59)37-32-27-22-16-14-12-10-8-9-11-13-15-19-23-28-33-43(2)3)41-68-73(63,64)72-74(65,66)69-42-46-50(60)51(61)52(71-46)56-39-38-47(54)55-53(56)62/h18,20-21,24-25,29-30,35,38-39,43-46,50-52,57,60-61H,4-17,19,22-23,26-28,31-34,36-37,40-42H2,1-3H3,(H,63,64)(H,65,66)(H2,54,55,62)/b21-18-,25-20-,29-24-,35-30+/t44-,45-,46-,50-,51-,52-/m1/s1. The normalized spacial score (nSPS) is 19.7. The summed E-state index contributed by atoms with van der Waals surface area (Å²) in [4.78, 5) is 62.0. The van der Waals surface area contributed by atoms with Crippen LogP contribution in [0.2, 0.25) is 0 Å². The molecule has 0 aliphatic carbocycles. The molecule has 0 radical (unpaired) electrons. The predicted octanol–water partition coefficient (Wildman–Crippen LogP) is 10.6. The third-order valence-corrected chi connectivity index (χ3v) is 14.8. The highest BCUT2D eigenvalue weighted by atomic mass is 31.3. The molecule has 0 saturated carbocycles. The van der Waals surface area contributed by atoms with Crippen molar-refractivity contribution >= 4 is 33.4 Å². The van der Waals surface area contributed by atoms with Crippen LogP contribution in [0.15, 0.2) is 65.7 Å². The Hall–Kier alpha value is -3.32. The van der Waals surface area contributed by atoms with E-state index in [-0.39, 0.29) is 18.7 Å². The molecule has 424 valence electrons. The van der Waals surface area contributed by atoms with Crippen molar-refractivity contribution in [3.63, 3.8) is 0 Å². The zero-order chi connectivity index (χ0) is 54.5. The Morgan fingerprint density at radius 2 is 1.35 bits per heavy atom. The highest BCUT2D eigenvalue weighted by Gasteiger charge is 2.46. The highest BCUT2D eigenvalue weighted by Crippen LogP contribution is 2.60. The van der Waals surface area contributed by atoms with Gasteiger partial charge in [-0.2, -0.15) is 9.29 Å². The van der Waals surface area contributed by atoms with Crippen LogP contribution in [0.4, 0.5) is 5.82 Å². The van der Waals surface area contributed by atoms with Crippen molar-refractivity contribution in [2.45, 2.75) is 224 Å². The maximum Gasteiger partial charge on any atom is 0.481 e. The van der Waals surface area contributed by atoms with Gasteiger partial charge in [-0.1, -0.05) is 179 Å². The van der Waals surface area contributed by atoms with Crippen LogP contribution in [-0.2, 0) is 46.3 Å². The van der Waals surface area contributed by atoms with Crippen molar-refractivity contribution in [2.24, 2.45) is 5.92 Å². The number of hydrogen-bond acceptors (Lipinski definition) is 16. The molecule has 7 N–H and O–H groups in total. The minimum absolute atomic E-state index is 0.0194. The van der Waals surface area contributed by atoms with Gasteiger partial charge in [-0.05, 0) is 56.9 Å². The lowest BCUT2D eigenvalue weighted by Crippen LogP contribution is -2.36. The molecule has 74 heavy (non-hydrogen) atoms. The van der Waals surface area contributed by atoms with Gasteiger partial charge in [-0.3, -0.25) is 23.2 Å². The summed E-state index contributed by atoms with van der Waals surface area (Å²) in [6, 6.07) is 1.24. The van der Waals surface area contributed by atoms with Crippen LogP contribution in [0.25, 0.3) is 0 Å². The highest BCUT2D eigenvalue weighted by molar-refractivity contribution is 7.61. The molecule has 1 fully saturated rings. The van der Waals surface area contributed by atoms with Gasteiger partial charge in [-0.15, -0.1) is 0 Å². The number of rotatable bonds is 44. The van der Waals surface area contributed by atoms with Crippen LogP contribution in [0, 0.1) is 5.92 Å². The molecule has 19 nitrogen and oxygen atoms in total. The van der Waals surface area contributed by atoms with Crippen LogP contribution in [-0.4, -0.2) is 96.9 Å². The van der Waals surface area contributed by atoms with E-state index in [0.29, 0.717) is 32.1 Å². The minimum atomic E-state index is -5.45. The molecule has 1 aliphatic rings. The Morgan fingerprint density at radius 3 is 1.99 bits per heavy atom. The molecule has 1 aromatic rings. The lowest BCUT2D eigenvalue weighted by atomic mass is 10.0. The molecule has 21 heteroatoms. The van der Waals surface area contributed by atoms with Crippen molar-refractivity contribution in [3.05, 3.63) is 71.4 Å². The zero-order valence-corrected chi connectivity index (χ0v) is 46.2. The molecule has 1 aromatic heterocycles. The Kier molecular flexibility index (Phi) is 36.1. The van der Waals surface area contributed by atoms with E-state index in [1.54, 1.807) is 12.2 Å². The predicted molar refractivity (Wildman–Crippen MR) is 285 cm³/mol. The van der Waals surface area contributed by atoms with E-state index in [2.05, 4.69) is 36.1 Å². The molecule has 2 rings (SSSR count). The van der Waals surface area contributed by atoms with E-state index < -0.39 is 89.8 Å². The molecular weight excluding hydrogens is 997 g/mol. The molecule has 0 bridgehead atoms. The summed E-state index contributed by atoms with van der Waals surface area (Å²) in [5, 5.41) is 31.0. The minimum Gasteiger partial charge on any atom is -0.462 e. The first-order valence-electron chi connectivity index (χ1n) is 27.1. The van der Waals surface area contributed by atoms with E-state index in [9.17, 15) is 48.6 Å². The number of aliphatic hydroxyl groups is 3. The van der Waals surface area contributed by atoms with Crippen LogP contribution >= 0.6 is 15.6 Å². The second-order valence-corrected chi connectivity index (χ2v) is 22.5. The molecule has 8 atom stereocenters. The number of anilines is 1. The van der Waals surface area contributed by atoms with Gasteiger partial charge >= 0.3 is 33.3 Å². The van der Waals surface area contributed by atoms with Crippen LogP contribution < -0.4 is 11.4 Å². The van der Waals surface area contributed by atoms with Crippen molar-refractivity contribution in [1.29, 1.82) is 0 Å². The average molecular weight is 1090 g/mol. The molecule has 1 saturated heterocycles. The first-order valence-corrected chi connectivity index (χ1v) is 30.1. The fourth-order valence-electron chi connectivity index (χ4n) is 7.93. The number of allylic oxidation sites excluding steroid dienone is 6. The number of esters is 2. The van der Waals surface area contributed by atoms with Crippen molar-refractivity contribution in [1.82, 2.24) is 9.55 Å². The number of carbonyl (C=O) groups excluding carboxylic acids is 2. The summed E-state index contributed by atoms with van der Waals surface area (Å²) in [6.07, 6.45) is 33.6. The molecule has 0 spiro atoms. The second-order valence-electron chi connectivity index (χ2n) is 19.4. The van der Waals surface area contributed by atoms with E-state index in [1.807, 2.05) is 30.4 Å². The monoisotopic (exact) mass is 1090 g/mol. The van der Waals surface area contributed by atoms with E-state index in [1.165, 1.54) is 89.5 Å². The van der Waals surface area contributed by atoms with Gasteiger partial charge in [0.15, 0.2) is 12.3 Å². The maximum atomic E-state index is 12.9. The SMILES string of the molecule is CCCCC/C=C\C[C@@H](O)/C=C/C=C\C/C=C\CCCC(=O)OC[C@H](COP(=O)(O)OP(=O)(O)OC[C@H]1O[C@@H](n2ccc(N)nc2=O)[C@H](O)[C@@H]1O)OC(=O)CCCCCCCCCCCCCCCCCC(C)C. The molecule has 0 aromatic carbocycles. The number of hydrogen-bond donors (Lipinski definition) is 6. The van der Waals surface area contributed by atoms with Gasteiger partial charge in [0.2, 0.25) is 0 Å². The van der Waals surface area contributed by atoms with E-state index in [0.717, 1.165) is 55.2 Å².